The molecule has 2 N–H and O–H groups in total. The summed E-state index contributed by atoms with van der Waals surface area (Å²) in [5.41, 5.74) is 6.00. The fraction of sp³-hybridized carbons (Fsp3) is 0.222. The maximum Gasteiger partial charge on any atom is 0.125 e. The molecule has 0 aliphatic heterocycles. The number of nitrogens with zero attached hydrogens (tertiary/aromatic N) is 4. The molecule has 1 aliphatic carbocycles. The summed E-state index contributed by atoms with van der Waals surface area (Å²) in [6.45, 7) is 2.02. The summed E-state index contributed by atoms with van der Waals surface area (Å²) < 4.78 is 0. The van der Waals surface area contributed by atoms with Crippen molar-refractivity contribution in [3.8, 4) is 21.1 Å². The van der Waals surface area contributed by atoms with Gasteiger partial charge in [-0.1, -0.05) is 6.07 Å². The van der Waals surface area contributed by atoms with Crippen LogP contribution < -0.4 is 5.84 Å². The summed E-state index contributed by atoms with van der Waals surface area (Å²) >= 11 is 1.64. The van der Waals surface area contributed by atoms with Crippen molar-refractivity contribution in [2.75, 3.05) is 0 Å². The van der Waals surface area contributed by atoms with Crippen molar-refractivity contribution in [3.63, 3.8) is 0 Å². The lowest BCUT2D eigenvalue weighted by Crippen LogP contribution is -2.16. The Hall–Kier alpha value is -2.60. The summed E-state index contributed by atoms with van der Waals surface area (Å²) in [5.74, 6) is 5.55. The molecule has 0 atom stereocenters. The van der Waals surface area contributed by atoms with Crippen LogP contribution in [-0.4, -0.2) is 20.7 Å². The summed E-state index contributed by atoms with van der Waals surface area (Å²) in [6.07, 6.45) is 6.60. The fourth-order valence-corrected chi connectivity index (χ4v) is 4.03. The average Bonchev–Trinajstić information content (AvgIpc) is 3.03. The highest BCUT2D eigenvalue weighted by molar-refractivity contribution is 7.18. The average molecular weight is 335 g/mol. The van der Waals surface area contributed by atoms with Crippen LogP contribution in [0.3, 0.4) is 0 Å². The third-order valence-corrected chi connectivity index (χ3v) is 5.43. The van der Waals surface area contributed by atoms with E-state index in [9.17, 15) is 0 Å². The minimum atomic E-state index is 0.891. The first-order chi connectivity index (χ1) is 11.8. The molecule has 0 spiro atoms. The largest absolute Gasteiger partial charge is 0.323 e. The van der Waals surface area contributed by atoms with Gasteiger partial charge in [0.15, 0.2) is 0 Å². The molecule has 3 heterocycles. The van der Waals surface area contributed by atoms with Crippen molar-refractivity contribution in [1.29, 1.82) is 0 Å². The van der Waals surface area contributed by atoms with E-state index >= 15 is 0 Å². The molecule has 1 aliphatic rings. The minimum Gasteiger partial charge on any atom is -0.323 e. The van der Waals surface area contributed by atoms with Crippen LogP contribution in [0.2, 0.25) is 0 Å². The molecule has 3 aromatic rings. The minimum absolute atomic E-state index is 0.891. The highest BCUT2D eigenvalue weighted by Gasteiger charge is 2.20. The molecular formula is C18H17N5S. The van der Waals surface area contributed by atoms with Gasteiger partial charge in [0, 0.05) is 18.0 Å². The van der Waals surface area contributed by atoms with Gasteiger partial charge in [0.1, 0.15) is 5.01 Å². The molecule has 3 aromatic heterocycles. The third kappa shape index (κ3) is 2.59. The highest BCUT2D eigenvalue weighted by atomic mass is 32.1. The van der Waals surface area contributed by atoms with E-state index in [1.165, 1.54) is 5.56 Å². The normalized spacial score (nSPS) is 15.5. The van der Waals surface area contributed by atoms with Gasteiger partial charge in [0.2, 0.25) is 0 Å². The van der Waals surface area contributed by atoms with Crippen molar-refractivity contribution >= 4 is 17.0 Å². The van der Waals surface area contributed by atoms with Gasteiger partial charge in [-0.05, 0) is 49.9 Å². The molecule has 5 nitrogen and oxygen atoms in total. The molecule has 0 saturated carbocycles. The zero-order chi connectivity index (χ0) is 16.5. The standard InChI is InChI=1S/C18H17N5S/c1-11-17(24-18(21-11)13-5-3-9-20-10-13)15-8-7-12-4-2-6-14(23-19)16(12)22-15/h3,5,7-10H,2,4,6,19H2,1H3/b23-14+. The van der Waals surface area contributed by atoms with Gasteiger partial charge in [0.05, 0.1) is 27.7 Å². The molecule has 0 amide bonds. The van der Waals surface area contributed by atoms with E-state index in [1.807, 2.05) is 25.3 Å². The lowest BCUT2D eigenvalue weighted by Gasteiger charge is -2.16. The van der Waals surface area contributed by atoms with E-state index in [4.69, 9.17) is 15.8 Å². The summed E-state index contributed by atoms with van der Waals surface area (Å²) in [6, 6.07) is 8.16. The van der Waals surface area contributed by atoms with Gasteiger partial charge >= 0.3 is 0 Å². The molecule has 0 bridgehead atoms. The smallest absolute Gasteiger partial charge is 0.125 e. The first kappa shape index (κ1) is 15.0. The van der Waals surface area contributed by atoms with Gasteiger partial charge in [0.25, 0.3) is 0 Å². The predicted molar refractivity (Wildman–Crippen MR) is 97.0 cm³/mol. The Kier molecular flexibility index (Phi) is 3.82. The highest BCUT2D eigenvalue weighted by Crippen LogP contribution is 2.35. The van der Waals surface area contributed by atoms with E-state index in [0.29, 0.717) is 0 Å². The molecule has 0 fully saturated rings. The van der Waals surface area contributed by atoms with Crippen LogP contribution in [0.1, 0.15) is 29.8 Å². The van der Waals surface area contributed by atoms with E-state index < -0.39 is 0 Å². The molecule has 6 heteroatoms. The second-order valence-corrected chi connectivity index (χ2v) is 6.81. The zero-order valence-electron chi connectivity index (χ0n) is 13.4. The Morgan fingerprint density at radius 2 is 2.08 bits per heavy atom. The second-order valence-electron chi connectivity index (χ2n) is 5.81. The monoisotopic (exact) mass is 335 g/mol. The lowest BCUT2D eigenvalue weighted by atomic mass is 9.94. The molecule has 0 radical (unpaired) electrons. The van der Waals surface area contributed by atoms with Crippen LogP contribution in [0, 0.1) is 6.92 Å². The number of aromatic nitrogens is 3. The van der Waals surface area contributed by atoms with E-state index in [-0.39, 0.29) is 0 Å². The first-order valence-corrected chi connectivity index (χ1v) is 8.73. The number of pyridine rings is 2. The maximum atomic E-state index is 5.55. The van der Waals surface area contributed by atoms with Crippen molar-refractivity contribution in [1.82, 2.24) is 15.0 Å². The fourth-order valence-electron chi connectivity index (χ4n) is 3.00. The van der Waals surface area contributed by atoms with Crippen molar-refractivity contribution in [2.45, 2.75) is 26.2 Å². The SMILES string of the molecule is Cc1nc(-c2cccnc2)sc1-c1ccc2c(n1)/C(=N/N)CCC2. The number of hydrogen-bond donors (Lipinski definition) is 1. The molecule has 120 valence electrons. The molecule has 24 heavy (non-hydrogen) atoms. The molecule has 4 rings (SSSR count). The number of nitrogens with two attached hydrogens (primary N) is 1. The van der Waals surface area contributed by atoms with Crippen LogP contribution in [0.15, 0.2) is 41.8 Å². The third-order valence-electron chi connectivity index (χ3n) is 4.21. The molecular weight excluding hydrogens is 318 g/mol. The summed E-state index contributed by atoms with van der Waals surface area (Å²) in [4.78, 5) is 14.8. The van der Waals surface area contributed by atoms with Crippen molar-refractivity contribution in [2.24, 2.45) is 10.9 Å². The van der Waals surface area contributed by atoms with E-state index in [1.54, 1.807) is 17.5 Å². The number of thiazole rings is 1. The van der Waals surface area contributed by atoms with E-state index in [2.05, 4.69) is 22.2 Å². The van der Waals surface area contributed by atoms with Gasteiger partial charge in [-0.3, -0.25) is 4.98 Å². The van der Waals surface area contributed by atoms with Crippen LogP contribution in [0.5, 0.6) is 0 Å². The van der Waals surface area contributed by atoms with Crippen molar-refractivity contribution in [3.05, 3.63) is 53.6 Å². The number of hydrazone groups is 1. The number of fused-ring (bicyclic) bond motifs is 1. The Bertz CT molecular complexity index is 914. The molecule has 0 saturated heterocycles. The van der Waals surface area contributed by atoms with Crippen LogP contribution in [0.4, 0.5) is 0 Å². The zero-order valence-corrected chi connectivity index (χ0v) is 14.2. The number of hydrogen-bond acceptors (Lipinski definition) is 6. The lowest BCUT2D eigenvalue weighted by molar-refractivity contribution is 0.823. The Balaban J connectivity index is 1.79. The Morgan fingerprint density at radius 3 is 2.88 bits per heavy atom. The van der Waals surface area contributed by atoms with Gasteiger partial charge < -0.3 is 5.84 Å². The van der Waals surface area contributed by atoms with Crippen LogP contribution >= 0.6 is 11.3 Å². The maximum absolute atomic E-state index is 5.55. The van der Waals surface area contributed by atoms with E-state index in [0.717, 1.165) is 57.5 Å². The molecule has 0 aromatic carbocycles. The predicted octanol–water partition coefficient (Wildman–Crippen LogP) is 3.57. The Labute approximate surface area is 144 Å². The van der Waals surface area contributed by atoms with Crippen LogP contribution in [-0.2, 0) is 6.42 Å². The first-order valence-electron chi connectivity index (χ1n) is 7.91. The van der Waals surface area contributed by atoms with Gasteiger partial charge in [-0.25, -0.2) is 9.97 Å². The number of rotatable bonds is 2. The Morgan fingerprint density at radius 1 is 1.17 bits per heavy atom. The van der Waals surface area contributed by atoms with Crippen molar-refractivity contribution < 1.29 is 0 Å². The second kappa shape index (κ2) is 6.13. The van der Waals surface area contributed by atoms with Gasteiger partial charge in [-0.2, -0.15) is 5.10 Å². The topological polar surface area (TPSA) is 77.0 Å². The summed E-state index contributed by atoms with van der Waals surface area (Å²) in [7, 11) is 0. The summed E-state index contributed by atoms with van der Waals surface area (Å²) in [5, 5.41) is 4.89. The number of aryl methyl sites for hydroxylation is 2. The van der Waals surface area contributed by atoms with Crippen LogP contribution in [0.25, 0.3) is 21.1 Å². The molecule has 0 unspecified atom stereocenters. The van der Waals surface area contributed by atoms with Gasteiger partial charge in [-0.15, -0.1) is 11.3 Å². The quantitative estimate of drug-likeness (QED) is 0.573.